The molecule has 0 aliphatic heterocycles. The van der Waals surface area contributed by atoms with Gasteiger partial charge in [0.1, 0.15) is 0 Å². The maximum Gasteiger partial charge on any atom is 0.462 e. The molecule has 0 heterocycles. The molecule has 0 amide bonds. The molecule has 0 radical (unpaired) electrons. The highest BCUT2D eigenvalue weighted by molar-refractivity contribution is 5.80. The van der Waals surface area contributed by atoms with Crippen molar-refractivity contribution in [1.29, 1.82) is 0 Å². The van der Waals surface area contributed by atoms with Gasteiger partial charge in [-0.25, -0.2) is 5.43 Å². The first-order valence-corrected chi connectivity index (χ1v) is 7.91. The number of benzene rings is 1. The molecule has 1 aromatic carbocycles. The van der Waals surface area contributed by atoms with E-state index in [4.69, 9.17) is 9.47 Å². The van der Waals surface area contributed by atoms with Crippen molar-refractivity contribution in [3.8, 4) is 11.5 Å². The van der Waals surface area contributed by atoms with Crippen LogP contribution in [0, 0.1) is 0 Å². The van der Waals surface area contributed by atoms with Gasteiger partial charge in [-0.1, -0.05) is 6.92 Å². The van der Waals surface area contributed by atoms with Crippen molar-refractivity contribution < 1.29 is 40.2 Å². The molecular weight excluding hydrogens is 385 g/mol. The van der Waals surface area contributed by atoms with E-state index >= 15 is 0 Å². The summed E-state index contributed by atoms with van der Waals surface area (Å²) in [5.74, 6) is -5.68. The number of ether oxygens (including phenoxy) is 2. The van der Waals surface area contributed by atoms with E-state index in [9.17, 15) is 30.7 Å². The molecule has 1 aromatic rings. The highest BCUT2D eigenvalue weighted by atomic mass is 19.4. The molecule has 0 aliphatic rings. The average molecular weight is 404 g/mol. The van der Waals surface area contributed by atoms with Gasteiger partial charge in [0.15, 0.2) is 11.5 Å². The maximum absolute atomic E-state index is 13.1. The first-order valence-electron chi connectivity index (χ1n) is 7.91. The Morgan fingerprint density at radius 3 is 2.22 bits per heavy atom. The second kappa shape index (κ2) is 8.66. The van der Waals surface area contributed by atoms with E-state index in [0.717, 1.165) is 0 Å². The van der Waals surface area contributed by atoms with Crippen molar-refractivity contribution in [1.82, 2.24) is 5.43 Å². The van der Waals surface area contributed by atoms with Crippen molar-refractivity contribution in [3.63, 3.8) is 0 Å². The fourth-order valence-corrected chi connectivity index (χ4v) is 1.71. The first-order chi connectivity index (χ1) is 12.4. The second-order valence-electron chi connectivity index (χ2n) is 5.49. The smallest absolute Gasteiger partial charge is 0.462 e. The van der Waals surface area contributed by atoms with Gasteiger partial charge in [0.25, 0.3) is 0 Å². The molecule has 27 heavy (non-hydrogen) atoms. The third-order valence-corrected chi connectivity index (χ3v) is 3.34. The zero-order valence-corrected chi connectivity index (χ0v) is 14.7. The zero-order valence-electron chi connectivity index (χ0n) is 14.7. The Morgan fingerprint density at radius 1 is 1.07 bits per heavy atom. The Morgan fingerprint density at radius 2 is 1.70 bits per heavy atom. The summed E-state index contributed by atoms with van der Waals surface area (Å²) in [5, 5.41) is 2.80. The number of alkyl halides is 7. The lowest BCUT2D eigenvalue weighted by molar-refractivity contribution is -0.361. The standard InChI is InChI=1S/C16H19F7N2O2/c1-4-10(3)27-12-7-6-11(8-13(12)26-5-2)9-24-25-16(22,23)14(17,18)15(19,20)21/h6-10,25H,4-5H2,1-3H3/b24-9+/t10-/m0/s1. The van der Waals surface area contributed by atoms with Gasteiger partial charge < -0.3 is 9.47 Å². The quantitative estimate of drug-likeness (QED) is 0.273. The van der Waals surface area contributed by atoms with Crippen molar-refractivity contribution in [2.24, 2.45) is 5.10 Å². The molecule has 0 aromatic heterocycles. The van der Waals surface area contributed by atoms with Gasteiger partial charge in [0.05, 0.1) is 18.9 Å². The van der Waals surface area contributed by atoms with Crippen LogP contribution >= 0.6 is 0 Å². The van der Waals surface area contributed by atoms with Crippen molar-refractivity contribution in [2.45, 2.75) is 51.4 Å². The van der Waals surface area contributed by atoms with Crippen LogP contribution in [0.3, 0.4) is 0 Å². The molecule has 0 saturated heterocycles. The van der Waals surface area contributed by atoms with Gasteiger partial charge in [-0.05, 0) is 44.0 Å². The van der Waals surface area contributed by atoms with Gasteiger partial charge in [0.2, 0.25) is 0 Å². The van der Waals surface area contributed by atoms with E-state index in [-0.39, 0.29) is 24.0 Å². The summed E-state index contributed by atoms with van der Waals surface area (Å²) in [6.45, 7) is 5.66. The van der Waals surface area contributed by atoms with E-state index in [1.807, 2.05) is 13.8 Å². The van der Waals surface area contributed by atoms with Gasteiger partial charge in [-0.3, -0.25) is 0 Å². The van der Waals surface area contributed by atoms with Crippen LogP contribution in [0.15, 0.2) is 23.3 Å². The largest absolute Gasteiger partial charge is 0.490 e. The molecule has 0 bridgehead atoms. The summed E-state index contributed by atoms with van der Waals surface area (Å²) in [5.41, 5.74) is 0.675. The molecule has 154 valence electrons. The molecule has 11 heteroatoms. The summed E-state index contributed by atoms with van der Waals surface area (Å²) in [4.78, 5) is 0. The molecular formula is C16H19F7N2O2. The number of hydrogen-bond acceptors (Lipinski definition) is 4. The van der Waals surface area contributed by atoms with Gasteiger partial charge in [-0.2, -0.15) is 35.8 Å². The molecule has 4 nitrogen and oxygen atoms in total. The fraction of sp³-hybridized carbons (Fsp3) is 0.562. The van der Waals surface area contributed by atoms with Gasteiger partial charge in [-0.15, -0.1) is 0 Å². The van der Waals surface area contributed by atoms with Crippen molar-refractivity contribution >= 4 is 6.21 Å². The maximum atomic E-state index is 13.1. The Hall–Kier alpha value is -2.20. The Balaban J connectivity index is 2.96. The summed E-state index contributed by atoms with van der Waals surface area (Å²) in [6, 6.07) is -1.50. The molecule has 0 unspecified atom stereocenters. The van der Waals surface area contributed by atoms with Crippen LogP contribution in [-0.4, -0.2) is 37.1 Å². The van der Waals surface area contributed by atoms with Gasteiger partial charge >= 0.3 is 18.1 Å². The molecule has 0 spiro atoms. The summed E-state index contributed by atoms with van der Waals surface area (Å²) >= 11 is 0. The Labute approximate surface area is 151 Å². The highest BCUT2D eigenvalue weighted by Gasteiger charge is 2.73. The Bertz CT molecular complexity index is 648. The average Bonchev–Trinajstić information content (AvgIpc) is 2.55. The minimum absolute atomic E-state index is 0.119. The minimum Gasteiger partial charge on any atom is -0.490 e. The molecule has 0 fully saturated rings. The highest BCUT2D eigenvalue weighted by Crippen LogP contribution is 2.45. The number of hydrazone groups is 1. The number of nitrogens with one attached hydrogen (secondary N) is 1. The third-order valence-electron chi connectivity index (χ3n) is 3.34. The van der Waals surface area contributed by atoms with Crippen LogP contribution in [0.2, 0.25) is 0 Å². The lowest BCUT2D eigenvalue weighted by Crippen LogP contribution is -2.58. The van der Waals surface area contributed by atoms with Crippen LogP contribution in [0.5, 0.6) is 11.5 Å². The first kappa shape index (κ1) is 22.8. The molecule has 1 N–H and O–H groups in total. The number of rotatable bonds is 9. The van der Waals surface area contributed by atoms with Crippen LogP contribution in [0.25, 0.3) is 0 Å². The van der Waals surface area contributed by atoms with Crippen molar-refractivity contribution in [2.75, 3.05) is 6.61 Å². The predicted octanol–water partition coefficient (Wildman–Crippen LogP) is 4.98. The van der Waals surface area contributed by atoms with Gasteiger partial charge in [0, 0.05) is 0 Å². The minimum atomic E-state index is -6.43. The van der Waals surface area contributed by atoms with E-state index in [2.05, 4.69) is 5.10 Å². The summed E-state index contributed by atoms with van der Waals surface area (Å²) in [6.07, 6.45) is -5.19. The summed E-state index contributed by atoms with van der Waals surface area (Å²) < 4.78 is 98.8. The van der Waals surface area contributed by atoms with Crippen LogP contribution in [0.1, 0.15) is 32.8 Å². The zero-order chi connectivity index (χ0) is 20.9. The third kappa shape index (κ3) is 5.64. The van der Waals surface area contributed by atoms with Crippen LogP contribution in [-0.2, 0) is 0 Å². The lowest BCUT2D eigenvalue weighted by Gasteiger charge is -2.27. The van der Waals surface area contributed by atoms with E-state index < -0.39 is 18.1 Å². The number of hydrogen-bond donors (Lipinski definition) is 1. The van der Waals surface area contributed by atoms with Crippen LogP contribution < -0.4 is 14.9 Å². The summed E-state index contributed by atoms with van der Waals surface area (Å²) in [7, 11) is 0. The topological polar surface area (TPSA) is 42.8 Å². The van der Waals surface area contributed by atoms with E-state index in [0.29, 0.717) is 23.8 Å². The lowest BCUT2D eigenvalue weighted by atomic mass is 10.2. The van der Waals surface area contributed by atoms with Crippen molar-refractivity contribution in [3.05, 3.63) is 23.8 Å². The fourth-order valence-electron chi connectivity index (χ4n) is 1.71. The second-order valence-corrected chi connectivity index (χ2v) is 5.49. The normalized spacial score (nSPS) is 14.3. The monoisotopic (exact) mass is 404 g/mol. The van der Waals surface area contributed by atoms with E-state index in [1.165, 1.54) is 18.2 Å². The van der Waals surface area contributed by atoms with Crippen LogP contribution in [0.4, 0.5) is 30.7 Å². The molecule has 0 saturated carbocycles. The number of nitrogens with zero attached hydrogens (tertiary/aromatic N) is 1. The predicted molar refractivity (Wildman–Crippen MR) is 84.7 cm³/mol. The molecule has 0 aliphatic carbocycles. The SMILES string of the molecule is CCOc1cc(/C=N/NC(F)(F)C(F)(F)C(F)(F)F)ccc1O[C@@H](C)CC. The van der Waals surface area contributed by atoms with E-state index in [1.54, 1.807) is 6.92 Å². The molecule has 1 rings (SSSR count). The molecule has 1 atom stereocenters. The number of halogens is 7. The Kier molecular flexibility index (Phi) is 7.32.